The number of hydrogen-bond acceptors (Lipinski definition) is 2. The number of benzene rings is 7. The van der Waals surface area contributed by atoms with Gasteiger partial charge in [0.25, 0.3) is 0 Å². The molecule has 1 aromatic heterocycles. The van der Waals surface area contributed by atoms with Gasteiger partial charge in [-0.15, -0.1) is 0 Å². The Morgan fingerprint density at radius 2 is 1.06 bits per heavy atom. The highest BCUT2D eigenvalue weighted by molar-refractivity contribution is 6.34. The second-order valence-corrected chi connectivity index (χ2v) is 13.5. The number of para-hydroxylation sites is 1. The van der Waals surface area contributed by atoms with Crippen molar-refractivity contribution in [3.05, 3.63) is 174 Å². The van der Waals surface area contributed by atoms with E-state index in [0.717, 1.165) is 44.6 Å². The van der Waals surface area contributed by atoms with Gasteiger partial charge in [-0.2, -0.15) is 0 Å². The standard InChI is InChI=1S/C45H32ClNO/c1-45(2)39-14-8-6-12-35(39)38-27-41(46)42(28-40(38)45)47(34-24-25-37-36-13-7-9-15-43(36)48-44(37)26-34)33-22-20-32(21-23-33)31-18-16-30(17-19-31)29-10-4-3-5-11-29/h3-28H,1-2H3. The molecule has 0 saturated carbocycles. The molecule has 0 atom stereocenters. The maximum absolute atomic E-state index is 7.27. The molecule has 1 heterocycles. The number of hydrogen-bond donors (Lipinski definition) is 0. The lowest BCUT2D eigenvalue weighted by Gasteiger charge is -2.29. The van der Waals surface area contributed by atoms with Crippen molar-refractivity contribution in [3.8, 4) is 33.4 Å². The van der Waals surface area contributed by atoms with Crippen LogP contribution >= 0.6 is 11.6 Å². The topological polar surface area (TPSA) is 16.4 Å². The molecular weight excluding hydrogens is 606 g/mol. The number of fused-ring (bicyclic) bond motifs is 6. The van der Waals surface area contributed by atoms with Crippen molar-refractivity contribution in [2.24, 2.45) is 0 Å². The first-order chi connectivity index (χ1) is 23.5. The largest absolute Gasteiger partial charge is 0.456 e. The smallest absolute Gasteiger partial charge is 0.137 e. The Morgan fingerprint density at radius 3 is 1.81 bits per heavy atom. The fourth-order valence-corrected chi connectivity index (χ4v) is 7.70. The molecule has 0 spiro atoms. The summed E-state index contributed by atoms with van der Waals surface area (Å²) in [7, 11) is 0. The summed E-state index contributed by atoms with van der Waals surface area (Å²) in [6.45, 7) is 4.61. The van der Waals surface area contributed by atoms with Gasteiger partial charge in [-0.25, -0.2) is 0 Å². The lowest BCUT2D eigenvalue weighted by Crippen LogP contribution is -2.17. The lowest BCUT2D eigenvalue weighted by molar-refractivity contribution is 0.660. The molecular formula is C45H32ClNO. The van der Waals surface area contributed by atoms with E-state index in [9.17, 15) is 0 Å². The fourth-order valence-electron chi connectivity index (χ4n) is 7.45. The van der Waals surface area contributed by atoms with Gasteiger partial charge in [-0.05, 0) is 87.0 Å². The van der Waals surface area contributed by atoms with Crippen LogP contribution in [-0.2, 0) is 5.41 Å². The van der Waals surface area contributed by atoms with E-state index in [1.807, 2.05) is 18.2 Å². The van der Waals surface area contributed by atoms with E-state index in [2.05, 4.69) is 158 Å². The summed E-state index contributed by atoms with van der Waals surface area (Å²) < 4.78 is 6.35. The number of rotatable bonds is 5. The molecule has 48 heavy (non-hydrogen) atoms. The summed E-state index contributed by atoms with van der Waals surface area (Å²) in [5, 5.41) is 2.91. The van der Waals surface area contributed by atoms with Crippen molar-refractivity contribution in [1.82, 2.24) is 0 Å². The second-order valence-electron chi connectivity index (χ2n) is 13.1. The van der Waals surface area contributed by atoms with Gasteiger partial charge in [0, 0.05) is 33.6 Å². The van der Waals surface area contributed by atoms with Gasteiger partial charge >= 0.3 is 0 Å². The molecule has 230 valence electrons. The average molecular weight is 638 g/mol. The molecule has 0 N–H and O–H groups in total. The van der Waals surface area contributed by atoms with Crippen LogP contribution in [0.5, 0.6) is 0 Å². The minimum absolute atomic E-state index is 0.157. The van der Waals surface area contributed by atoms with Gasteiger partial charge < -0.3 is 9.32 Å². The Bertz CT molecular complexity index is 2470. The van der Waals surface area contributed by atoms with Crippen LogP contribution in [0.15, 0.2) is 162 Å². The van der Waals surface area contributed by atoms with Crippen molar-refractivity contribution >= 4 is 50.6 Å². The Morgan fingerprint density at radius 1 is 0.479 bits per heavy atom. The van der Waals surface area contributed by atoms with Crippen LogP contribution in [0, 0.1) is 0 Å². The summed E-state index contributed by atoms with van der Waals surface area (Å²) in [4.78, 5) is 2.26. The van der Waals surface area contributed by atoms with E-state index < -0.39 is 0 Å². The van der Waals surface area contributed by atoms with Crippen molar-refractivity contribution < 1.29 is 4.42 Å². The zero-order chi connectivity index (χ0) is 32.4. The summed E-state index contributed by atoms with van der Waals surface area (Å²) in [6.07, 6.45) is 0. The fraction of sp³-hybridized carbons (Fsp3) is 0.0667. The Kier molecular flexibility index (Phi) is 6.57. The van der Waals surface area contributed by atoms with Crippen LogP contribution < -0.4 is 4.90 Å². The van der Waals surface area contributed by atoms with Crippen LogP contribution in [0.2, 0.25) is 5.02 Å². The molecule has 8 aromatic rings. The molecule has 0 saturated heterocycles. The van der Waals surface area contributed by atoms with Crippen LogP contribution in [-0.4, -0.2) is 0 Å². The van der Waals surface area contributed by atoms with Crippen molar-refractivity contribution in [3.63, 3.8) is 0 Å². The van der Waals surface area contributed by atoms with E-state index >= 15 is 0 Å². The predicted molar refractivity (Wildman–Crippen MR) is 202 cm³/mol. The number of anilines is 3. The van der Waals surface area contributed by atoms with Gasteiger partial charge in [-0.1, -0.05) is 135 Å². The van der Waals surface area contributed by atoms with E-state index in [1.54, 1.807) is 0 Å². The van der Waals surface area contributed by atoms with Crippen LogP contribution in [0.3, 0.4) is 0 Å². The van der Waals surface area contributed by atoms with E-state index in [1.165, 1.54) is 38.9 Å². The molecule has 7 aromatic carbocycles. The van der Waals surface area contributed by atoms with Gasteiger partial charge in [0.15, 0.2) is 0 Å². The van der Waals surface area contributed by atoms with E-state index in [-0.39, 0.29) is 5.41 Å². The third-order valence-electron chi connectivity index (χ3n) is 9.96. The van der Waals surface area contributed by atoms with Gasteiger partial charge in [0.1, 0.15) is 11.2 Å². The molecule has 2 nitrogen and oxygen atoms in total. The van der Waals surface area contributed by atoms with Gasteiger partial charge in [0.2, 0.25) is 0 Å². The van der Waals surface area contributed by atoms with Crippen molar-refractivity contribution in [2.45, 2.75) is 19.3 Å². The number of nitrogens with zero attached hydrogens (tertiary/aromatic N) is 1. The summed E-state index contributed by atoms with van der Waals surface area (Å²) in [5.41, 5.74) is 14.3. The summed E-state index contributed by atoms with van der Waals surface area (Å²) in [6, 6.07) is 55.8. The third kappa shape index (κ3) is 4.56. The molecule has 3 heteroatoms. The van der Waals surface area contributed by atoms with Crippen molar-refractivity contribution in [1.29, 1.82) is 0 Å². The normalized spacial score (nSPS) is 13.1. The maximum atomic E-state index is 7.27. The monoisotopic (exact) mass is 637 g/mol. The molecule has 0 amide bonds. The van der Waals surface area contributed by atoms with E-state index in [0.29, 0.717) is 5.02 Å². The highest BCUT2D eigenvalue weighted by atomic mass is 35.5. The minimum atomic E-state index is -0.157. The summed E-state index contributed by atoms with van der Waals surface area (Å²) >= 11 is 7.27. The zero-order valence-corrected chi connectivity index (χ0v) is 27.5. The molecule has 1 aliphatic rings. The molecule has 0 bridgehead atoms. The first kappa shape index (κ1) is 28.6. The molecule has 0 unspecified atom stereocenters. The third-order valence-corrected chi connectivity index (χ3v) is 10.3. The predicted octanol–water partition coefficient (Wildman–Crippen LogP) is 13.3. The van der Waals surface area contributed by atoms with Gasteiger partial charge in [0.05, 0.1) is 10.7 Å². The molecule has 0 aliphatic heterocycles. The lowest BCUT2D eigenvalue weighted by atomic mass is 9.82. The highest BCUT2D eigenvalue weighted by Crippen LogP contribution is 2.53. The SMILES string of the molecule is CC1(C)c2ccccc2-c2cc(Cl)c(N(c3ccc(-c4ccc(-c5ccccc5)cc4)cc3)c3ccc4c(c3)oc3ccccc34)cc21. The van der Waals surface area contributed by atoms with Crippen LogP contribution in [0.4, 0.5) is 17.1 Å². The quantitative estimate of drug-likeness (QED) is 0.187. The number of halogens is 1. The maximum Gasteiger partial charge on any atom is 0.137 e. The van der Waals surface area contributed by atoms with E-state index in [4.69, 9.17) is 16.0 Å². The first-order valence-electron chi connectivity index (χ1n) is 16.4. The zero-order valence-electron chi connectivity index (χ0n) is 26.7. The van der Waals surface area contributed by atoms with Crippen LogP contribution in [0.1, 0.15) is 25.0 Å². The highest BCUT2D eigenvalue weighted by Gasteiger charge is 2.36. The Balaban J connectivity index is 1.17. The van der Waals surface area contributed by atoms with Gasteiger partial charge in [-0.3, -0.25) is 0 Å². The average Bonchev–Trinajstić information content (AvgIpc) is 3.60. The molecule has 0 radical (unpaired) electrons. The second kappa shape index (κ2) is 11.0. The van der Waals surface area contributed by atoms with Crippen LogP contribution in [0.25, 0.3) is 55.3 Å². The minimum Gasteiger partial charge on any atom is -0.456 e. The molecule has 9 rings (SSSR count). The Hall–Kier alpha value is -5.57. The molecule has 0 fully saturated rings. The number of furan rings is 1. The Labute approximate surface area is 285 Å². The first-order valence-corrected chi connectivity index (χ1v) is 16.7. The molecule has 1 aliphatic carbocycles. The summed E-state index contributed by atoms with van der Waals surface area (Å²) in [5.74, 6) is 0. The van der Waals surface area contributed by atoms with Crippen molar-refractivity contribution in [2.75, 3.05) is 4.90 Å².